The van der Waals surface area contributed by atoms with Crippen LogP contribution in [0.1, 0.15) is 23.4 Å². The molecular formula is C17H18F3NO4. The zero-order chi connectivity index (χ0) is 18.0. The van der Waals surface area contributed by atoms with Crippen molar-refractivity contribution < 1.29 is 32.2 Å². The highest BCUT2D eigenvalue weighted by Crippen LogP contribution is 2.34. The summed E-state index contributed by atoms with van der Waals surface area (Å²) in [6.07, 6.45) is -3.84. The van der Waals surface area contributed by atoms with Crippen LogP contribution >= 0.6 is 0 Å². The minimum Gasteiger partial charge on any atom is -0.492 e. The Balaban J connectivity index is 1.49. The van der Waals surface area contributed by atoms with Gasteiger partial charge in [-0.05, 0) is 50.2 Å². The predicted octanol–water partition coefficient (Wildman–Crippen LogP) is 3.78. The van der Waals surface area contributed by atoms with E-state index in [0.29, 0.717) is 43.0 Å². The second-order valence-corrected chi connectivity index (χ2v) is 6.12. The lowest BCUT2D eigenvalue weighted by molar-refractivity contribution is -0.185. The van der Waals surface area contributed by atoms with Crippen molar-refractivity contribution >= 4 is 16.9 Å². The molecule has 0 radical (unpaired) electrons. The van der Waals surface area contributed by atoms with Gasteiger partial charge in [0.05, 0.1) is 5.92 Å². The first-order chi connectivity index (χ1) is 11.8. The second kappa shape index (κ2) is 6.95. The molecule has 8 heteroatoms. The van der Waals surface area contributed by atoms with Gasteiger partial charge in [0.25, 0.3) is 0 Å². The third-order valence-electron chi connectivity index (χ3n) is 4.43. The van der Waals surface area contributed by atoms with Crippen LogP contribution < -0.4 is 4.74 Å². The van der Waals surface area contributed by atoms with E-state index in [9.17, 15) is 18.0 Å². The van der Waals surface area contributed by atoms with Crippen LogP contribution in [0.3, 0.4) is 0 Å². The highest BCUT2D eigenvalue weighted by molar-refractivity contribution is 5.91. The smallest absolute Gasteiger partial charge is 0.391 e. The first kappa shape index (κ1) is 17.6. The Morgan fingerprint density at radius 1 is 1.28 bits per heavy atom. The number of carboxylic acid groups (broad SMARTS) is 1. The van der Waals surface area contributed by atoms with E-state index in [1.165, 1.54) is 6.07 Å². The zero-order valence-electron chi connectivity index (χ0n) is 13.4. The summed E-state index contributed by atoms with van der Waals surface area (Å²) in [7, 11) is 0. The average molecular weight is 357 g/mol. The Kier molecular flexibility index (Phi) is 4.89. The Morgan fingerprint density at radius 2 is 2.00 bits per heavy atom. The van der Waals surface area contributed by atoms with Gasteiger partial charge in [-0.15, -0.1) is 0 Å². The third-order valence-corrected chi connectivity index (χ3v) is 4.43. The molecule has 0 amide bonds. The number of hydrogen-bond donors (Lipinski definition) is 1. The maximum atomic E-state index is 12.6. The van der Waals surface area contributed by atoms with E-state index in [-0.39, 0.29) is 18.6 Å². The lowest BCUT2D eigenvalue weighted by Gasteiger charge is -2.32. The van der Waals surface area contributed by atoms with Crippen LogP contribution in [0, 0.1) is 5.92 Å². The fourth-order valence-corrected chi connectivity index (χ4v) is 2.99. The standard InChI is InChI=1S/C17H18F3NO4/c18-17(19,20)12-3-5-21(6-4-12)7-8-24-13-1-2-14-11(9-13)10-15(25-14)16(22)23/h1-2,9-10,12H,3-8H2,(H,22,23). The molecule has 1 saturated heterocycles. The number of fused-ring (bicyclic) bond motifs is 1. The lowest BCUT2D eigenvalue weighted by atomic mass is 9.96. The number of alkyl halides is 3. The van der Waals surface area contributed by atoms with Gasteiger partial charge >= 0.3 is 12.1 Å². The highest BCUT2D eigenvalue weighted by Gasteiger charge is 2.40. The molecule has 1 fully saturated rings. The normalized spacial score (nSPS) is 17.1. The number of carboxylic acids is 1. The summed E-state index contributed by atoms with van der Waals surface area (Å²) < 4.78 is 48.7. The van der Waals surface area contributed by atoms with Crippen molar-refractivity contribution in [3.05, 3.63) is 30.0 Å². The summed E-state index contributed by atoms with van der Waals surface area (Å²) in [5, 5.41) is 9.53. The molecule has 2 aromatic rings. The average Bonchev–Trinajstić information content (AvgIpc) is 2.98. The fraction of sp³-hybridized carbons (Fsp3) is 0.471. The molecule has 0 aliphatic carbocycles. The molecular weight excluding hydrogens is 339 g/mol. The molecule has 0 atom stereocenters. The van der Waals surface area contributed by atoms with Crippen LogP contribution in [0.15, 0.2) is 28.7 Å². The molecule has 136 valence electrons. The van der Waals surface area contributed by atoms with Gasteiger partial charge < -0.3 is 14.3 Å². The topological polar surface area (TPSA) is 62.9 Å². The first-order valence-electron chi connectivity index (χ1n) is 8.01. The summed E-state index contributed by atoms with van der Waals surface area (Å²) in [4.78, 5) is 12.8. The molecule has 1 N–H and O–H groups in total. The molecule has 0 unspecified atom stereocenters. The van der Waals surface area contributed by atoms with Crippen molar-refractivity contribution in [2.24, 2.45) is 5.92 Å². The summed E-state index contributed by atoms with van der Waals surface area (Å²) in [6.45, 7) is 1.73. The van der Waals surface area contributed by atoms with Gasteiger partial charge in [0.1, 0.15) is 17.9 Å². The number of benzene rings is 1. The number of carbonyl (C=O) groups is 1. The van der Waals surface area contributed by atoms with Crippen LogP contribution in [-0.4, -0.2) is 48.4 Å². The number of piperidine rings is 1. The summed E-state index contributed by atoms with van der Waals surface area (Å²) in [5.74, 6) is -1.91. The number of likely N-dealkylation sites (tertiary alicyclic amines) is 1. The van der Waals surface area contributed by atoms with Gasteiger partial charge in [-0.1, -0.05) is 0 Å². The van der Waals surface area contributed by atoms with Crippen molar-refractivity contribution in [2.75, 3.05) is 26.2 Å². The van der Waals surface area contributed by atoms with Gasteiger partial charge in [-0.3, -0.25) is 4.90 Å². The fourth-order valence-electron chi connectivity index (χ4n) is 2.99. The van der Waals surface area contributed by atoms with Gasteiger partial charge in [0.2, 0.25) is 5.76 Å². The summed E-state index contributed by atoms with van der Waals surface area (Å²) in [5.41, 5.74) is 0.457. The molecule has 5 nitrogen and oxygen atoms in total. The molecule has 25 heavy (non-hydrogen) atoms. The number of furan rings is 1. The van der Waals surface area contributed by atoms with Crippen LogP contribution in [0.4, 0.5) is 13.2 Å². The molecule has 0 bridgehead atoms. The number of aromatic carboxylic acids is 1. The van der Waals surface area contributed by atoms with Gasteiger partial charge in [-0.2, -0.15) is 13.2 Å². The summed E-state index contributed by atoms with van der Waals surface area (Å²) in [6, 6.07) is 6.41. The highest BCUT2D eigenvalue weighted by atomic mass is 19.4. The third kappa shape index (κ3) is 4.25. The SMILES string of the molecule is O=C(O)c1cc2cc(OCCN3CCC(C(F)(F)F)CC3)ccc2o1. The second-order valence-electron chi connectivity index (χ2n) is 6.12. The zero-order valence-corrected chi connectivity index (χ0v) is 13.4. The maximum absolute atomic E-state index is 12.6. The maximum Gasteiger partial charge on any atom is 0.391 e. The van der Waals surface area contributed by atoms with Crippen molar-refractivity contribution in [3.8, 4) is 5.75 Å². The van der Waals surface area contributed by atoms with Gasteiger partial charge in [-0.25, -0.2) is 4.79 Å². The van der Waals surface area contributed by atoms with E-state index < -0.39 is 18.1 Å². The van der Waals surface area contributed by atoms with E-state index in [0.717, 1.165) is 0 Å². The molecule has 2 heterocycles. The van der Waals surface area contributed by atoms with Gasteiger partial charge in [0, 0.05) is 11.9 Å². The van der Waals surface area contributed by atoms with Crippen LogP contribution in [0.5, 0.6) is 5.75 Å². The predicted molar refractivity (Wildman–Crippen MR) is 83.9 cm³/mol. The van der Waals surface area contributed by atoms with Crippen molar-refractivity contribution in [2.45, 2.75) is 19.0 Å². The summed E-state index contributed by atoms with van der Waals surface area (Å²) >= 11 is 0. The first-order valence-corrected chi connectivity index (χ1v) is 8.01. The molecule has 1 aliphatic heterocycles. The number of ether oxygens (including phenoxy) is 1. The van der Waals surface area contributed by atoms with E-state index in [2.05, 4.69) is 0 Å². The Hall–Kier alpha value is -2.22. The minimum atomic E-state index is -4.10. The minimum absolute atomic E-state index is 0.127. The lowest BCUT2D eigenvalue weighted by Crippen LogP contribution is -2.40. The van der Waals surface area contributed by atoms with Crippen LogP contribution in [0.25, 0.3) is 11.0 Å². The molecule has 1 aliphatic rings. The molecule has 3 rings (SSSR count). The van der Waals surface area contributed by atoms with Crippen molar-refractivity contribution in [3.63, 3.8) is 0 Å². The van der Waals surface area contributed by atoms with Crippen molar-refractivity contribution in [1.82, 2.24) is 4.90 Å². The largest absolute Gasteiger partial charge is 0.492 e. The number of rotatable bonds is 5. The van der Waals surface area contributed by atoms with E-state index in [1.54, 1.807) is 18.2 Å². The Labute approximate surface area is 142 Å². The Bertz CT molecular complexity index is 748. The van der Waals surface area contributed by atoms with Crippen LogP contribution in [0.2, 0.25) is 0 Å². The van der Waals surface area contributed by atoms with Crippen LogP contribution in [-0.2, 0) is 0 Å². The number of halogens is 3. The number of hydrogen-bond acceptors (Lipinski definition) is 4. The van der Waals surface area contributed by atoms with Gasteiger partial charge in [0.15, 0.2) is 0 Å². The quantitative estimate of drug-likeness (QED) is 0.882. The molecule has 1 aromatic carbocycles. The van der Waals surface area contributed by atoms with E-state index in [1.807, 2.05) is 4.90 Å². The van der Waals surface area contributed by atoms with E-state index >= 15 is 0 Å². The number of nitrogens with zero attached hydrogens (tertiary/aromatic N) is 1. The molecule has 0 saturated carbocycles. The Morgan fingerprint density at radius 3 is 2.64 bits per heavy atom. The molecule has 1 aromatic heterocycles. The molecule has 0 spiro atoms. The van der Waals surface area contributed by atoms with Crippen molar-refractivity contribution in [1.29, 1.82) is 0 Å². The monoisotopic (exact) mass is 357 g/mol. The van der Waals surface area contributed by atoms with E-state index in [4.69, 9.17) is 14.3 Å².